The molecule has 0 amide bonds. The number of nitrogens with zero attached hydrogens (tertiary/aromatic N) is 1. The second-order valence-electron chi connectivity index (χ2n) is 8.83. The van der Waals surface area contributed by atoms with Gasteiger partial charge in [-0.15, -0.1) is 0 Å². The molecule has 0 aliphatic carbocycles. The Morgan fingerprint density at radius 3 is 1.50 bits per heavy atom. The molecule has 3 aromatic carbocycles. The van der Waals surface area contributed by atoms with Crippen LogP contribution in [0.3, 0.4) is 0 Å². The number of rotatable bonds is 0. The molecule has 0 atom stereocenters. The molecule has 0 radical (unpaired) electrons. The summed E-state index contributed by atoms with van der Waals surface area (Å²) in [4.78, 5) is 2.51. The van der Waals surface area contributed by atoms with Crippen molar-refractivity contribution in [2.24, 2.45) is 0 Å². The van der Waals surface area contributed by atoms with E-state index in [-0.39, 0.29) is 10.8 Å². The van der Waals surface area contributed by atoms with Gasteiger partial charge in [-0.25, -0.2) is 0 Å². The smallest absolute Gasteiger partial charge is 0.0543 e. The SMILES string of the molecule is Cc1cc2c3c(c1)C(C)(C)c1ccccc1N3c1ccccc1C2(C)C. The maximum Gasteiger partial charge on any atom is 0.0543 e. The normalized spacial score (nSPS) is 18.0. The van der Waals surface area contributed by atoms with Crippen molar-refractivity contribution < 1.29 is 0 Å². The highest BCUT2D eigenvalue weighted by Crippen LogP contribution is 2.59. The van der Waals surface area contributed by atoms with E-state index in [1.807, 2.05) is 0 Å². The summed E-state index contributed by atoms with van der Waals surface area (Å²) in [5, 5.41) is 0. The zero-order chi connectivity index (χ0) is 18.3. The molecule has 0 saturated heterocycles. The molecular formula is C25H25N. The summed E-state index contributed by atoms with van der Waals surface area (Å²) in [7, 11) is 0. The summed E-state index contributed by atoms with van der Waals surface area (Å²) in [5.41, 5.74) is 11.0. The molecule has 1 heteroatoms. The number of para-hydroxylation sites is 2. The molecule has 0 saturated carbocycles. The lowest BCUT2D eigenvalue weighted by Crippen LogP contribution is -2.38. The number of hydrogen-bond donors (Lipinski definition) is 0. The third kappa shape index (κ3) is 1.76. The lowest BCUT2D eigenvalue weighted by molar-refractivity contribution is 0.596. The Bertz CT molecular complexity index is 975. The molecule has 0 unspecified atom stereocenters. The van der Waals surface area contributed by atoms with Crippen molar-refractivity contribution in [3.8, 4) is 0 Å². The van der Waals surface area contributed by atoms with Crippen LogP contribution in [0, 0.1) is 6.92 Å². The number of hydrogen-bond acceptors (Lipinski definition) is 1. The minimum Gasteiger partial charge on any atom is -0.309 e. The maximum absolute atomic E-state index is 2.51. The first-order valence-corrected chi connectivity index (χ1v) is 9.48. The van der Waals surface area contributed by atoms with Crippen LogP contribution in [0.15, 0.2) is 60.7 Å². The number of aryl methyl sites for hydroxylation is 1. The fraction of sp³-hybridized carbons (Fsp3) is 0.280. The predicted octanol–water partition coefficient (Wildman–Crippen LogP) is 6.74. The molecule has 0 fully saturated rings. The summed E-state index contributed by atoms with van der Waals surface area (Å²) >= 11 is 0. The van der Waals surface area contributed by atoms with Crippen molar-refractivity contribution in [1.82, 2.24) is 0 Å². The zero-order valence-electron chi connectivity index (χ0n) is 16.2. The van der Waals surface area contributed by atoms with Crippen molar-refractivity contribution >= 4 is 17.1 Å². The molecule has 2 heterocycles. The van der Waals surface area contributed by atoms with E-state index in [0.717, 1.165) is 0 Å². The van der Waals surface area contributed by atoms with Gasteiger partial charge in [0.15, 0.2) is 0 Å². The largest absolute Gasteiger partial charge is 0.309 e. The van der Waals surface area contributed by atoms with Crippen molar-refractivity contribution in [1.29, 1.82) is 0 Å². The third-order valence-corrected chi connectivity index (χ3v) is 6.46. The van der Waals surface area contributed by atoms with Crippen LogP contribution in [0.1, 0.15) is 55.5 Å². The Kier molecular flexibility index (Phi) is 2.89. The standard InChI is InChI=1S/C25H25N/c1-16-14-19-23-20(15-16)25(4,5)18-11-7-9-13-22(18)26(23)21-12-8-6-10-17(21)24(19,2)3/h6-15H,1-5H3. The highest BCUT2D eigenvalue weighted by atomic mass is 15.2. The van der Waals surface area contributed by atoms with Gasteiger partial charge in [0.25, 0.3) is 0 Å². The Hall–Kier alpha value is -2.54. The van der Waals surface area contributed by atoms with Crippen molar-refractivity contribution in [2.75, 3.05) is 4.90 Å². The van der Waals surface area contributed by atoms with Gasteiger partial charge in [0.1, 0.15) is 0 Å². The van der Waals surface area contributed by atoms with Crippen LogP contribution in [-0.2, 0) is 10.8 Å². The monoisotopic (exact) mass is 339 g/mol. The first-order chi connectivity index (χ1) is 12.3. The van der Waals surface area contributed by atoms with Gasteiger partial charge in [-0.2, -0.15) is 0 Å². The fourth-order valence-electron chi connectivity index (χ4n) is 5.03. The molecule has 26 heavy (non-hydrogen) atoms. The summed E-state index contributed by atoms with van der Waals surface area (Å²) in [5.74, 6) is 0. The molecule has 0 aromatic heterocycles. The van der Waals surface area contributed by atoms with Crippen molar-refractivity contribution in [2.45, 2.75) is 45.4 Å². The highest BCUT2D eigenvalue weighted by Gasteiger charge is 2.45. The minimum atomic E-state index is -0.00837. The quantitative estimate of drug-likeness (QED) is 0.438. The summed E-state index contributed by atoms with van der Waals surface area (Å²) in [6, 6.07) is 22.6. The molecular weight excluding hydrogens is 314 g/mol. The lowest BCUT2D eigenvalue weighted by atomic mass is 9.66. The number of benzene rings is 3. The van der Waals surface area contributed by atoms with E-state index >= 15 is 0 Å². The van der Waals surface area contributed by atoms with Gasteiger partial charge in [0.05, 0.1) is 17.1 Å². The van der Waals surface area contributed by atoms with Crippen molar-refractivity contribution in [3.05, 3.63) is 88.5 Å². The minimum absolute atomic E-state index is 0.00837. The number of fused-ring (bicyclic) bond motifs is 4. The van der Waals surface area contributed by atoms with Crippen LogP contribution in [0.5, 0.6) is 0 Å². The van der Waals surface area contributed by atoms with Gasteiger partial charge < -0.3 is 4.90 Å². The second kappa shape index (κ2) is 4.79. The van der Waals surface area contributed by atoms with Crippen LogP contribution in [0.25, 0.3) is 0 Å². The van der Waals surface area contributed by atoms with Gasteiger partial charge in [0, 0.05) is 10.8 Å². The molecule has 3 aromatic rings. The average Bonchev–Trinajstić information content (AvgIpc) is 2.62. The van der Waals surface area contributed by atoms with E-state index in [1.54, 1.807) is 0 Å². The topological polar surface area (TPSA) is 3.24 Å². The zero-order valence-corrected chi connectivity index (χ0v) is 16.2. The number of anilines is 3. The first kappa shape index (κ1) is 15.7. The van der Waals surface area contributed by atoms with Crippen LogP contribution in [-0.4, -0.2) is 0 Å². The average molecular weight is 339 g/mol. The lowest BCUT2D eigenvalue weighted by Gasteiger charge is -2.49. The highest BCUT2D eigenvalue weighted by molar-refractivity contribution is 5.92. The predicted molar refractivity (Wildman–Crippen MR) is 110 cm³/mol. The van der Waals surface area contributed by atoms with Gasteiger partial charge in [-0.3, -0.25) is 0 Å². The molecule has 2 aliphatic heterocycles. The summed E-state index contributed by atoms with van der Waals surface area (Å²) < 4.78 is 0. The maximum atomic E-state index is 2.51. The van der Waals surface area contributed by atoms with E-state index in [0.29, 0.717) is 0 Å². The van der Waals surface area contributed by atoms with Crippen molar-refractivity contribution in [3.63, 3.8) is 0 Å². The van der Waals surface area contributed by atoms with E-state index in [1.165, 1.54) is 44.9 Å². The van der Waals surface area contributed by atoms with Gasteiger partial charge >= 0.3 is 0 Å². The summed E-state index contributed by atoms with van der Waals surface area (Å²) in [6.07, 6.45) is 0. The van der Waals surface area contributed by atoms with Crippen LogP contribution in [0.2, 0.25) is 0 Å². The molecule has 0 bridgehead atoms. The van der Waals surface area contributed by atoms with Crippen LogP contribution >= 0.6 is 0 Å². The van der Waals surface area contributed by atoms with Gasteiger partial charge in [-0.05, 0) is 41.3 Å². The Morgan fingerprint density at radius 2 is 1.04 bits per heavy atom. The third-order valence-electron chi connectivity index (χ3n) is 6.46. The molecule has 0 spiro atoms. The van der Waals surface area contributed by atoms with Gasteiger partial charge in [-0.1, -0.05) is 81.8 Å². The van der Waals surface area contributed by atoms with E-state index in [2.05, 4.69) is 100 Å². The first-order valence-electron chi connectivity index (χ1n) is 9.48. The molecule has 2 aliphatic rings. The molecule has 0 N–H and O–H groups in total. The molecule has 1 nitrogen and oxygen atoms in total. The van der Waals surface area contributed by atoms with E-state index in [4.69, 9.17) is 0 Å². The molecule has 5 rings (SSSR count). The Morgan fingerprint density at radius 1 is 0.615 bits per heavy atom. The Labute approximate surface area is 156 Å². The summed E-state index contributed by atoms with van der Waals surface area (Å²) in [6.45, 7) is 11.7. The fourth-order valence-corrected chi connectivity index (χ4v) is 5.03. The van der Waals surface area contributed by atoms with E-state index < -0.39 is 0 Å². The molecule has 130 valence electrons. The van der Waals surface area contributed by atoms with E-state index in [9.17, 15) is 0 Å². The Balaban J connectivity index is 1.99. The van der Waals surface area contributed by atoms with Gasteiger partial charge in [0.2, 0.25) is 0 Å². The van der Waals surface area contributed by atoms with Crippen LogP contribution in [0.4, 0.5) is 17.1 Å². The second-order valence-corrected chi connectivity index (χ2v) is 8.83. The van der Waals surface area contributed by atoms with Crippen LogP contribution < -0.4 is 4.90 Å².